The van der Waals surface area contributed by atoms with Crippen LogP contribution in [0.2, 0.25) is 5.02 Å². The number of para-hydroxylation sites is 1. The highest BCUT2D eigenvalue weighted by Gasteiger charge is 2.26. The Bertz CT molecular complexity index is 1060. The van der Waals surface area contributed by atoms with Crippen molar-refractivity contribution in [1.29, 1.82) is 0 Å². The Balaban J connectivity index is 2.14. The molecule has 1 N–H and O–H groups in total. The second-order valence-electron chi connectivity index (χ2n) is 8.74. The van der Waals surface area contributed by atoms with Gasteiger partial charge in [-0.05, 0) is 49.1 Å². The summed E-state index contributed by atoms with van der Waals surface area (Å²) >= 11 is 6.11. The lowest BCUT2D eigenvalue weighted by Crippen LogP contribution is -2.48. The maximum absolute atomic E-state index is 13.2. The number of carbonyl (C=O) groups is 2. The minimum atomic E-state index is -3.51. The van der Waals surface area contributed by atoms with Crippen molar-refractivity contribution in [3.05, 3.63) is 65.2 Å². The minimum absolute atomic E-state index is 0.0984. The molecule has 2 aromatic carbocycles. The largest absolute Gasteiger partial charge is 0.354 e. The van der Waals surface area contributed by atoms with Gasteiger partial charge in [-0.1, -0.05) is 55.8 Å². The van der Waals surface area contributed by atoms with Crippen LogP contribution in [0.1, 0.15) is 39.2 Å². The molecule has 0 fully saturated rings. The van der Waals surface area contributed by atoms with Gasteiger partial charge in [0.2, 0.25) is 21.8 Å². The van der Waals surface area contributed by atoms with Gasteiger partial charge < -0.3 is 10.2 Å². The molecule has 9 heteroatoms. The maximum Gasteiger partial charge on any atom is 0.242 e. The molecule has 34 heavy (non-hydrogen) atoms. The molecule has 0 unspecified atom stereocenters. The predicted molar refractivity (Wildman–Crippen MR) is 137 cm³/mol. The third-order valence-electron chi connectivity index (χ3n) is 5.29. The number of nitrogens with zero attached hydrogens (tertiary/aromatic N) is 2. The van der Waals surface area contributed by atoms with E-state index in [9.17, 15) is 18.0 Å². The number of carbonyl (C=O) groups excluding carboxylic acids is 2. The van der Waals surface area contributed by atoms with Crippen LogP contribution in [0.25, 0.3) is 0 Å². The summed E-state index contributed by atoms with van der Waals surface area (Å²) in [4.78, 5) is 27.5. The second kappa shape index (κ2) is 12.8. The fourth-order valence-electron chi connectivity index (χ4n) is 3.47. The van der Waals surface area contributed by atoms with Crippen molar-refractivity contribution in [2.24, 2.45) is 5.92 Å². The molecule has 0 saturated heterocycles. The van der Waals surface area contributed by atoms with Gasteiger partial charge in [-0.2, -0.15) is 0 Å². The molecule has 0 spiro atoms. The van der Waals surface area contributed by atoms with Gasteiger partial charge in [0.15, 0.2) is 0 Å². The number of sulfonamides is 1. The van der Waals surface area contributed by atoms with Gasteiger partial charge in [0.05, 0.1) is 11.9 Å². The molecule has 7 nitrogen and oxygen atoms in total. The number of benzene rings is 2. The number of hydrogen-bond acceptors (Lipinski definition) is 4. The molecule has 0 heterocycles. The van der Waals surface area contributed by atoms with E-state index in [0.717, 1.165) is 11.8 Å². The average molecular weight is 508 g/mol. The summed E-state index contributed by atoms with van der Waals surface area (Å²) in [5, 5.41) is 3.43. The first-order chi connectivity index (χ1) is 16.0. The van der Waals surface area contributed by atoms with Crippen LogP contribution in [-0.4, -0.2) is 50.5 Å². The van der Waals surface area contributed by atoms with Gasteiger partial charge in [-0.3, -0.25) is 13.9 Å². The van der Waals surface area contributed by atoms with E-state index in [0.29, 0.717) is 23.7 Å². The smallest absolute Gasteiger partial charge is 0.242 e. The quantitative estimate of drug-likeness (QED) is 0.469. The fourth-order valence-corrected chi connectivity index (χ4v) is 4.64. The Morgan fingerprint density at radius 1 is 1.03 bits per heavy atom. The van der Waals surface area contributed by atoms with Crippen LogP contribution in [0.5, 0.6) is 0 Å². The first-order valence-corrected chi connectivity index (χ1v) is 13.6. The number of anilines is 1. The first kappa shape index (κ1) is 27.7. The molecule has 0 radical (unpaired) electrons. The van der Waals surface area contributed by atoms with Crippen molar-refractivity contribution < 1.29 is 18.0 Å². The van der Waals surface area contributed by atoms with Gasteiger partial charge in [0.1, 0.15) is 6.04 Å². The molecule has 2 aromatic rings. The van der Waals surface area contributed by atoms with E-state index < -0.39 is 16.1 Å². The van der Waals surface area contributed by atoms with Crippen molar-refractivity contribution in [1.82, 2.24) is 10.2 Å². The van der Waals surface area contributed by atoms with Crippen molar-refractivity contribution in [2.75, 3.05) is 23.7 Å². The van der Waals surface area contributed by atoms with Crippen molar-refractivity contribution in [3.8, 4) is 0 Å². The van der Waals surface area contributed by atoms with Crippen LogP contribution in [0, 0.1) is 5.92 Å². The molecule has 0 aliphatic heterocycles. The Kier molecular flexibility index (Phi) is 10.4. The molecule has 2 rings (SSSR count). The Labute approximate surface area is 208 Å². The van der Waals surface area contributed by atoms with Crippen molar-refractivity contribution >= 4 is 39.1 Å². The van der Waals surface area contributed by atoms with E-state index in [1.54, 1.807) is 49.4 Å². The van der Waals surface area contributed by atoms with E-state index in [1.807, 2.05) is 26.0 Å². The molecule has 0 saturated carbocycles. The van der Waals surface area contributed by atoms with Gasteiger partial charge in [0.25, 0.3) is 0 Å². The number of nitrogens with one attached hydrogen (secondary N) is 1. The highest BCUT2D eigenvalue weighted by atomic mass is 35.5. The molecule has 1 atom stereocenters. The normalized spacial score (nSPS) is 12.3. The van der Waals surface area contributed by atoms with Crippen LogP contribution in [0.3, 0.4) is 0 Å². The summed E-state index contributed by atoms with van der Waals surface area (Å²) in [5.41, 5.74) is 1.36. The van der Waals surface area contributed by atoms with E-state index in [1.165, 1.54) is 9.21 Å². The van der Waals surface area contributed by atoms with E-state index in [-0.39, 0.29) is 37.2 Å². The minimum Gasteiger partial charge on any atom is -0.354 e. The third kappa shape index (κ3) is 8.65. The second-order valence-corrected chi connectivity index (χ2v) is 11.1. The summed E-state index contributed by atoms with van der Waals surface area (Å²) in [5.74, 6) is -0.173. The zero-order chi connectivity index (χ0) is 25.3. The molecule has 0 aromatic heterocycles. The Morgan fingerprint density at radius 3 is 2.29 bits per heavy atom. The zero-order valence-electron chi connectivity index (χ0n) is 20.2. The maximum atomic E-state index is 13.2. The van der Waals surface area contributed by atoms with Gasteiger partial charge in [0, 0.05) is 31.1 Å². The number of amides is 2. The number of halogens is 1. The van der Waals surface area contributed by atoms with Gasteiger partial charge in [-0.25, -0.2) is 8.42 Å². The third-order valence-corrected chi connectivity index (χ3v) is 6.72. The van der Waals surface area contributed by atoms with Crippen LogP contribution < -0.4 is 9.62 Å². The highest BCUT2D eigenvalue weighted by Crippen LogP contribution is 2.19. The van der Waals surface area contributed by atoms with E-state index in [4.69, 9.17) is 11.6 Å². The standard InChI is InChI=1S/C25H34ClN3O4S/c1-19(2)17-27-25(31)20(3)28(18-21-10-8-11-22(26)16-21)24(30)14-9-15-29(34(4,32)33)23-12-6-5-7-13-23/h5-8,10-13,16,19-20H,9,14-15,17-18H2,1-4H3,(H,27,31)/t20-/m0/s1. The van der Waals surface area contributed by atoms with Crippen LogP contribution in [-0.2, 0) is 26.2 Å². The number of rotatable bonds is 12. The van der Waals surface area contributed by atoms with Crippen LogP contribution >= 0.6 is 11.6 Å². The topological polar surface area (TPSA) is 86.8 Å². The molecular formula is C25H34ClN3O4S. The molecule has 2 amide bonds. The lowest BCUT2D eigenvalue weighted by molar-refractivity contribution is -0.140. The monoisotopic (exact) mass is 507 g/mol. The molecule has 186 valence electrons. The van der Waals surface area contributed by atoms with Crippen molar-refractivity contribution in [2.45, 2.75) is 46.2 Å². The molecule has 0 bridgehead atoms. The van der Waals surface area contributed by atoms with Gasteiger partial charge >= 0.3 is 0 Å². The lowest BCUT2D eigenvalue weighted by Gasteiger charge is -2.29. The summed E-state index contributed by atoms with van der Waals surface area (Å²) in [7, 11) is -3.51. The summed E-state index contributed by atoms with van der Waals surface area (Å²) in [6, 6.07) is 15.3. The zero-order valence-corrected chi connectivity index (χ0v) is 21.8. The van der Waals surface area contributed by atoms with Gasteiger partial charge in [-0.15, -0.1) is 0 Å². The molecular weight excluding hydrogens is 474 g/mol. The highest BCUT2D eigenvalue weighted by molar-refractivity contribution is 7.92. The van der Waals surface area contributed by atoms with E-state index >= 15 is 0 Å². The summed E-state index contributed by atoms with van der Waals surface area (Å²) < 4.78 is 25.9. The molecule has 0 aliphatic rings. The molecule has 0 aliphatic carbocycles. The van der Waals surface area contributed by atoms with Crippen LogP contribution in [0.15, 0.2) is 54.6 Å². The van der Waals surface area contributed by atoms with E-state index in [2.05, 4.69) is 5.32 Å². The van der Waals surface area contributed by atoms with Crippen molar-refractivity contribution in [3.63, 3.8) is 0 Å². The predicted octanol–water partition coefficient (Wildman–Crippen LogP) is 4.08. The Hall–Kier alpha value is -2.58. The Morgan fingerprint density at radius 2 is 1.71 bits per heavy atom. The lowest BCUT2D eigenvalue weighted by atomic mass is 10.1. The average Bonchev–Trinajstić information content (AvgIpc) is 2.77. The summed E-state index contributed by atoms with van der Waals surface area (Å²) in [6.45, 7) is 6.60. The van der Waals surface area contributed by atoms with Crippen LogP contribution in [0.4, 0.5) is 5.69 Å². The SMILES string of the molecule is CC(C)CNC(=O)[C@H](C)N(Cc1cccc(Cl)c1)C(=O)CCCN(c1ccccc1)S(C)(=O)=O. The fraction of sp³-hybridized carbons (Fsp3) is 0.440. The first-order valence-electron chi connectivity index (χ1n) is 11.3. The number of hydrogen-bond donors (Lipinski definition) is 1. The summed E-state index contributed by atoms with van der Waals surface area (Å²) in [6.07, 6.45) is 1.56.